The summed E-state index contributed by atoms with van der Waals surface area (Å²) in [6.45, 7) is 1.89. The number of ether oxygens (including phenoxy) is 5. The number of hydrogen-bond donors (Lipinski definition) is 0. The van der Waals surface area contributed by atoms with Gasteiger partial charge in [0.15, 0.2) is 16.3 Å². The van der Waals surface area contributed by atoms with E-state index >= 15 is 0 Å². The normalized spacial score (nSPS) is 14.6. The number of esters is 1. The number of carbonyl (C=O) groups excluding carboxylic acids is 1. The quantitative estimate of drug-likeness (QED) is 0.274. The van der Waals surface area contributed by atoms with E-state index in [1.54, 1.807) is 64.7 Å². The highest BCUT2D eigenvalue weighted by Gasteiger charge is 2.35. The lowest BCUT2D eigenvalue weighted by Crippen LogP contribution is -2.40. The molecule has 3 aromatic carbocycles. The molecule has 0 bridgehead atoms. The fraction of sp³-hybridized carbons (Fsp3) is 0.219. The molecule has 1 aromatic heterocycles. The second kappa shape index (κ2) is 12.4. The standard InChI is InChI=1S/C32H30N2O7S/c1-6-41-31(36)27-28(19-10-8-7-9-11-19)33-32-34(29(27)20-12-14-24(39-4)25(17-20)40-5)30(35)26(42-32)18-21-16-22(37-2)13-15-23(21)38-3/h7-18,29H,6H2,1-5H3/b26-18-/t29-/m0/s1. The molecule has 5 rings (SSSR count). The van der Waals surface area contributed by atoms with Gasteiger partial charge in [0.05, 0.1) is 56.9 Å². The van der Waals surface area contributed by atoms with Crippen LogP contribution in [0.3, 0.4) is 0 Å². The van der Waals surface area contributed by atoms with Crippen LogP contribution in [0.2, 0.25) is 0 Å². The Morgan fingerprint density at radius 3 is 2.29 bits per heavy atom. The SMILES string of the molecule is CCOC(=O)C1=C(c2ccccc2)N=c2s/c(=C\c3cc(OC)ccc3OC)c(=O)n2[C@H]1c1ccc(OC)c(OC)c1. The molecule has 0 N–H and O–H groups in total. The van der Waals surface area contributed by atoms with Crippen LogP contribution >= 0.6 is 11.3 Å². The second-order valence-corrected chi connectivity index (χ2v) is 10.2. The first-order chi connectivity index (χ1) is 20.4. The molecular weight excluding hydrogens is 556 g/mol. The van der Waals surface area contributed by atoms with E-state index in [1.807, 2.05) is 36.4 Å². The topological polar surface area (TPSA) is 97.6 Å². The van der Waals surface area contributed by atoms with Crippen LogP contribution in [0.5, 0.6) is 23.0 Å². The van der Waals surface area contributed by atoms with Gasteiger partial charge in [0, 0.05) is 11.1 Å². The number of rotatable bonds is 9. The van der Waals surface area contributed by atoms with Crippen LogP contribution in [0, 0.1) is 0 Å². The summed E-state index contributed by atoms with van der Waals surface area (Å²) in [7, 11) is 6.22. The predicted molar refractivity (Wildman–Crippen MR) is 160 cm³/mol. The molecule has 10 heteroatoms. The Morgan fingerprint density at radius 1 is 0.905 bits per heavy atom. The Kier molecular flexibility index (Phi) is 8.44. The summed E-state index contributed by atoms with van der Waals surface area (Å²) in [5, 5.41) is 0. The monoisotopic (exact) mass is 586 g/mol. The number of benzene rings is 3. The molecule has 0 fully saturated rings. The maximum atomic E-state index is 14.2. The van der Waals surface area contributed by atoms with E-state index in [4.69, 9.17) is 28.7 Å². The zero-order chi connectivity index (χ0) is 29.8. The lowest BCUT2D eigenvalue weighted by Gasteiger charge is -2.26. The van der Waals surface area contributed by atoms with Crippen LogP contribution in [-0.4, -0.2) is 45.6 Å². The molecule has 1 atom stereocenters. The molecule has 0 aliphatic carbocycles. The van der Waals surface area contributed by atoms with Crippen molar-refractivity contribution in [2.75, 3.05) is 35.0 Å². The van der Waals surface area contributed by atoms with Crippen molar-refractivity contribution < 1.29 is 28.5 Å². The van der Waals surface area contributed by atoms with E-state index in [0.29, 0.717) is 49.2 Å². The zero-order valence-corrected chi connectivity index (χ0v) is 24.7. The van der Waals surface area contributed by atoms with Gasteiger partial charge in [-0.25, -0.2) is 9.79 Å². The van der Waals surface area contributed by atoms with E-state index in [0.717, 1.165) is 5.56 Å². The first-order valence-electron chi connectivity index (χ1n) is 13.2. The van der Waals surface area contributed by atoms with E-state index in [9.17, 15) is 9.59 Å². The van der Waals surface area contributed by atoms with E-state index in [-0.39, 0.29) is 17.7 Å². The highest BCUT2D eigenvalue weighted by molar-refractivity contribution is 7.07. The van der Waals surface area contributed by atoms with Crippen molar-refractivity contribution in [2.45, 2.75) is 13.0 Å². The molecular formula is C32H30N2O7S. The summed E-state index contributed by atoms with van der Waals surface area (Å²) in [6, 6.07) is 19.2. The third kappa shape index (κ3) is 5.28. The summed E-state index contributed by atoms with van der Waals surface area (Å²) in [5.41, 5.74) is 2.37. The lowest BCUT2D eigenvalue weighted by atomic mass is 9.93. The summed E-state index contributed by atoms with van der Waals surface area (Å²) in [5.74, 6) is 1.61. The molecule has 0 saturated heterocycles. The highest BCUT2D eigenvalue weighted by Crippen LogP contribution is 2.38. The van der Waals surface area contributed by atoms with Crippen LogP contribution in [0.1, 0.15) is 29.7 Å². The van der Waals surface area contributed by atoms with Gasteiger partial charge >= 0.3 is 5.97 Å². The van der Waals surface area contributed by atoms with Gasteiger partial charge in [-0.2, -0.15) is 0 Å². The van der Waals surface area contributed by atoms with Gasteiger partial charge in [-0.15, -0.1) is 0 Å². The molecule has 1 aliphatic rings. The van der Waals surface area contributed by atoms with Gasteiger partial charge in [0.1, 0.15) is 11.5 Å². The largest absolute Gasteiger partial charge is 0.497 e. The Morgan fingerprint density at radius 2 is 1.62 bits per heavy atom. The third-order valence-electron chi connectivity index (χ3n) is 6.82. The molecule has 0 amide bonds. The number of thiazole rings is 1. The van der Waals surface area contributed by atoms with Crippen molar-refractivity contribution in [2.24, 2.45) is 4.99 Å². The number of fused-ring (bicyclic) bond motifs is 1. The summed E-state index contributed by atoms with van der Waals surface area (Å²) in [4.78, 5) is 33.2. The fourth-order valence-corrected chi connectivity index (χ4v) is 5.86. The molecule has 216 valence electrons. The van der Waals surface area contributed by atoms with Crippen molar-refractivity contribution in [3.63, 3.8) is 0 Å². The van der Waals surface area contributed by atoms with Crippen LogP contribution in [0.25, 0.3) is 11.8 Å². The van der Waals surface area contributed by atoms with Gasteiger partial charge in [-0.3, -0.25) is 9.36 Å². The lowest BCUT2D eigenvalue weighted by molar-refractivity contribution is -0.138. The van der Waals surface area contributed by atoms with E-state index in [1.165, 1.54) is 23.0 Å². The fourth-order valence-electron chi connectivity index (χ4n) is 4.87. The van der Waals surface area contributed by atoms with Gasteiger partial charge in [-0.1, -0.05) is 47.7 Å². The first-order valence-corrected chi connectivity index (χ1v) is 14.0. The minimum Gasteiger partial charge on any atom is -0.497 e. The van der Waals surface area contributed by atoms with Gasteiger partial charge in [0.25, 0.3) is 5.56 Å². The number of nitrogens with zero attached hydrogens (tertiary/aromatic N) is 2. The maximum Gasteiger partial charge on any atom is 0.338 e. The summed E-state index contributed by atoms with van der Waals surface area (Å²) < 4.78 is 29.4. The minimum atomic E-state index is -0.857. The molecule has 0 spiro atoms. The Labute approximate surface area is 246 Å². The average Bonchev–Trinajstić information content (AvgIpc) is 3.34. The molecule has 2 heterocycles. The Hall–Kier alpha value is -4.83. The number of aromatic nitrogens is 1. The number of methoxy groups -OCH3 is 4. The van der Waals surface area contributed by atoms with Crippen molar-refractivity contribution >= 4 is 29.1 Å². The van der Waals surface area contributed by atoms with E-state index in [2.05, 4.69) is 0 Å². The van der Waals surface area contributed by atoms with Crippen LogP contribution in [0.4, 0.5) is 0 Å². The van der Waals surface area contributed by atoms with Gasteiger partial charge < -0.3 is 23.7 Å². The molecule has 0 radical (unpaired) electrons. The first kappa shape index (κ1) is 28.7. The van der Waals surface area contributed by atoms with Gasteiger partial charge in [0.2, 0.25) is 0 Å². The second-order valence-electron chi connectivity index (χ2n) is 9.15. The van der Waals surface area contributed by atoms with Crippen LogP contribution in [-0.2, 0) is 9.53 Å². The zero-order valence-electron chi connectivity index (χ0n) is 23.9. The molecule has 0 unspecified atom stereocenters. The number of hydrogen-bond acceptors (Lipinski definition) is 9. The highest BCUT2D eigenvalue weighted by atomic mass is 32.1. The van der Waals surface area contributed by atoms with Crippen LogP contribution < -0.4 is 33.8 Å². The summed E-state index contributed by atoms with van der Waals surface area (Å²) in [6.07, 6.45) is 1.74. The molecule has 42 heavy (non-hydrogen) atoms. The summed E-state index contributed by atoms with van der Waals surface area (Å²) >= 11 is 1.22. The Bertz CT molecular complexity index is 1840. The molecule has 0 saturated carbocycles. The van der Waals surface area contributed by atoms with Crippen molar-refractivity contribution in [3.05, 3.63) is 109 Å². The van der Waals surface area contributed by atoms with Crippen molar-refractivity contribution in [1.82, 2.24) is 4.57 Å². The van der Waals surface area contributed by atoms with Crippen molar-refractivity contribution in [3.8, 4) is 23.0 Å². The predicted octanol–water partition coefficient (Wildman–Crippen LogP) is 3.97. The van der Waals surface area contributed by atoms with Gasteiger partial charge in [-0.05, 0) is 48.9 Å². The third-order valence-corrected chi connectivity index (χ3v) is 7.80. The average molecular weight is 587 g/mol. The van der Waals surface area contributed by atoms with Crippen molar-refractivity contribution in [1.29, 1.82) is 0 Å². The minimum absolute atomic E-state index is 0.156. The maximum absolute atomic E-state index is 14.2. The molecule has 1 aliphatic heterocycles. The molecule has 4 aromatic rings. The Balaban J connectivity index is 1.85. The smallest absolute Gasteiger partial charge is 0.338 e. The van der Waals surface area contributed by atoms with Crippen LogP contribution in [0.15, 0.2) is 82.1 Å². The molecule has 9 nitrogen and oxygen atoms in total. The number of carbonyl (C=O) groups is 1. The van der Waals surface area contributed by atoms with E-state index < -0.39 is 12.0 Å².